The third-order valence-electron chi connectivity index (χ3n) is 4.06. The van der Waals surface area contributed by atoms with Gasteiger partial charge in [0.15, 0.2) is 0 Å². The standard InChI is InChI=1S/C15H21NO4S2/c17-11-6-10(12(18)14(20)13(11)19)8-16(15(21)22)7-9-4-2-1-3-5-9/h1-5,10-14,17-20H,6-8H2,(H,21,22)/t10?,11-,12+,13-,14-/m0/s1. The molecule has 1 aliphatic rings. The van der Waals surface area contributed by atoms with Crippen LogP contribution in [0.2, 0.25) is 0 Å². The molecule has 0 saturated heterocycles. The molecule has 122 valence electrons. The Balaban J connectivity index is 2.06. The number of thiol groups is 1. The van der Waals surface area contributed by atoms with E-state index in [-0.39, 0.29) is 6.42 Å². The van der Waals surface area contributed by atoms with Gasteiger partial charge in [0.2, 0.25) is 0 Å². The van der Waals surface area contributed by atoms with E-state index in [9.17, 15) is 20.4 Å². The van der Waals surface area contributed by atoms with Crippen LogP contribution in [-0.2, 0) is 6.54 Å². The Morgan fingerprint density at radius 3 is 2.32 bits per heavy atom. The minimum atomic E-state index is -1.36. The lowest BCUT2D eigenvalue weighted by Gasteiger charge is -2.40. The van der Waals surface area contributed by atoms with Gasteiger partial charge in [-0.15, -0.1) is 12.6 Å². The minimum Gasteiger partial charge on any atom is -0.390 e. The number of hydrogen-bond donors (Lipinski definition) is 5. The number of rotatable bonds is 4. The van der Waals surface area contributed by atoms with Gasteiger partial charge in [-0.25, -0.2) is 0 Å². The fourth-order valence-electron chi connectivity index (χ4n) is 2.78. The quantitative estimate of drug-likeness (QED) is 0.396. The summed E-state index contributed by atoms with van der Waals surface area (Å²) in [5.41, 5.74) is 1.05. The fourth-order valence-corrected chi connectivity index (χ4v) is 3.07. The van der Waals surface area contributed by atoms with E-state index in [4.69, 9.17) is 12.2 Å². The van der Waals surface area contributed by atoms with Crippen molar-refractivity contribution in [3.05, 3.63) is 35.9 Å². The topological polar surface area (TPSA) is 84.2 Å². The predicted molar refractivity (Wildman–Crippen MR) is 90.6 cm³/mol. The first kappa shape index (κ1) is 17.7. The SMILES string of the molecule is O[C@@H]1[C@@H](O)[C@@H](O)CC(CN(Cc2ccccc2)C(=S)S)[C@H]1O. The normalized spacial score (nSPS) is 31.8. The van der Waals surface area contributed by atoms with E-state index < -0.39 is 30.3 Å². The molecule has 0 radical (unpaired) electrons. The van der Waals surface area contributed by atoms with Gasteiger partial charge in [-0.2, -0.15) is 0 Å². The van der Waals surface area contributed by atoms with Crippen molar-refractivity contribution in [3.8, 4) is 0 Å². The van der Waals surface area contributed by atoms with Crippen LogP contribution in [0, 0.1) is 5.92 Å². The van der Waals surface area contributed by atoms with Crippen LogP contribution in [0.5, 0.6) is 0 Å². The first-order valence-corrected chi connectivity index (χ1v) is 7.99. The Kier molecular flexibility index (Phi) is 6.19. The van der Waals surface area contributed by atoms with Crippen molar-refractivity contribution in [1.29, 1.82) is 0 Å². The minimum absolute atomic E-state index is 0.196. The zero-order valence-electron chi connectivity index (χ0n) is 12.0. The monoisotopic (exact) mass is 343 g/mol. The summed E-state index contributed by atoms with van der Waals surface area (Å²) >= 11 is 9.36. The van der Waals surface area contributed by atoms with E-state index in [0.29, 0.717) is 17.4 Å². The van der Waals surface area contributed by atoms with Gasteiger partial charge in [0.1, 0.15) is 16.5 Å². The van der Waals surface area contributed by atoms with Crippen molar-refractivity contribution in [1.82, 2.24) is 4.90 Å². The van der Waals surface area contributed by atoms with E-state index in [1.807, 2.05) is 30.3 Å². The molecule has 1 saturated carbocycles. The van der Waals surface area contributed by atoms with Crippen LogP contribution in [0.25, 0.3) is 0 Å². The third-order valence-corrected chi connectivity index (χ3v) is 4.60. The molecule has 0 aromatic heterocycles. The third kappa shape index (κ3) is 4.18. The zero-order chi connectivity index (χ0) is 16.3. The first-order valence-electron chi connectivity index (χ1n) is 7.14. The van der Waals surface area contributed by atoms with Crippen molar-refractivity contribution in [2.75, 3.05) is 6.54 Å². The van der Waals surface area contributed by atoms with E-state index in [2.05, 4.69) is 12.6 Å². The maximum absolute atomic E-state index is 10.1. The molecule has 4 N–H and O–H groups in total. The molecular weight excluding hydrogens is 322 g/mol. The number of benzene rings is 1. The van der Waals surface area contributed by atoms with Crippen LogP contribution in [0.3, 0.4) is 0 Å². The molecule has 1 fully saturated rings. The summed E-state index contributed by atoms with van der Waals surface area (Å²) in [5, 5.41) is 39.3. The Hall–Kier alpha value is -0.700. The van der Waals surface area contributed by atoms with Crippen molar-refractivity contribution < 1.29 is 20.4 Å². The molecule has 5 atom stereocenters. The molecule has 0 heterocycles. The molecule has 2 rings (SSSR count). The molecule has 7 heteroatoms. The van der Waals surface area contributed by atoms with E-state index in [0.717, 1.165) is 5.56 Å². The van der Waals surface area contributed by atoms with Crippen LogP contribution in [0.4, 0.5) is 0 Å². The molecule has 1 aromatic carbocycles. The highest BCUT2D eigenvalue weighted by Gasteiger charge is 2.42. The van der Waals surface area contributed by atoms with Crippen LogP contribution in [0.1, 0.15) is 12.0 Å². The average molecular weight is 343 g/mol. The maximum atomic E-state index is 10.1. The second-order valence-corrected chi connectivity index (χ2v) is 6.80. The van der Waals surface area contributed by atoms with Gasteiger partial charge in [0.05, 0.1) is 12.2 Å². The Bertz CT molecular complexity index is 502. The van der Waals surface area contributed by atoms with Gasteiger partial charge in [-0.3, -0.25) is 0 Å². The Labute approximate surface area is 140 Å². The van der Waals surface area contributed by atoms with E-state index >= 15 is 0 Å². The summed E-state index contributed by atoms with van der Waals surface area (Å²) in [4.78, 5) is 1.80. The summed E-state index contributed by atoms with van der Waals surface area (Å²) in [6, 6.07) is 9.70. The lowest BCUT2D eigenvalue weighted by molar-refractivity contribution is -0.158. The van der Waals surface area contributed by atoms with Crippen molar-refractivity contribution in [3.63, 3.8) is 0 Å². The summed E-state index contributed by atoms with van der Waals surface area (Å²) in [5.74, 6) is -0.401. The molecular formula is C15H21NO4S2. The van der Waals surface area contributed by atoms with Crippen molar-refractivity contribution >= 4 is 29.2 Å². The second kappa shape index (κ2) is 7.72. The van der Waals surface area contributed by atoms with Gasteiger partial charge >= 0.3 is 0 Å². The van der Waals surface area contributed by atoms with Gasteiger partial charge in [0.25, 0.3) is 0 Å². The summed E-state index contributed by atoms with van der Waals surface area (Å²) in [6.45, 7) is 0.875. The molecule has 5 nitrogen and oxygen atoms in total. The second-order valence-electron chi connectivity index (χ2n) is 5.68. The molecule has 0 spiro atoms. The number of nitrogens with zero attached hydrogens (tertiary/aromatic N) is 1. The van der Waals surface area contributed by atoms with Crippen molar-refractivity contribution in [2.24, 2.45) is 5.92 Å². The highest BCUT2D eigenvalue weighted by molar-refractivity contribution is 8.10. The van der Waals surface area contributed by atoms with Crippen molar-refractivity contribution in [2.45, 2.75) is 37.4 Å². The molecule has 22 heavy (non-hydrogen) atoms. The number of aliphatic hydroxyl groups is 4. The van der Waals surface area contributed by atoms with Crippen LogP contribution >= 0.6 is 24.8 Å². The Morgan fingerprint density at radius 1 is 1.09 bits per heavy atom. The van der Waals surface area contributed by atoms with Gasteiger partial charge in [-0.1, -0.05) is 42.5 Å². The highest BCUT2D eigenvalue weighted by atomic mass is 32.1. The molecule has 1 unspecified atom stereocenters. The lowest BCUT2D eigenvalue weighted by Crippen LogP contribution is -2.55. The van der Waals surface area contributed by atoms with E-state index in [1.54, 1.807) is 4.90 Å². The predicted octanol–water partition coefficient (Wildman–Crippen LogP) is 0.167. The average Bonchev–Trinajstić information content (AvgIpc) is 2.50. The molecule has 0 bridgehead atoms. The maximum Gasteiger partial charge on any atom is 0.133 e. The fraction of sp³-hybridized carbons (Fsp3) is 0.533. The molecule has 0 aliphatic heterocycles. The van der Waals surface area contributed by atoms with Gasteiger partial charge in [-0.05, 0) is 12.0 Å². The zero-order valence-corrected chi connectivity index (χ0v) is 13.7. The Morgan fingerprint density at radius 2 is 1.73 bits per heavy atom. The summed E-state index contributed by atoms with van der Waals surface area (Å²) in [6.07, 6.45) is -4.66. The summed E-state index contributed by atoms with van der Waals surface area (Å²) in [7, 11) is 0. The molecule has 1 aliphatic carbocycles. The van der Waals surface area contributed by atoms with Crippen LogP contribution in [0.15, 0.2) is 30.3 Å². The highest BCUT2D eigenvalue weighted by Crippen LogP contribution is 2.27. The number of aliphatic hydroxyl groups excluding tert-OH is 4. The first-order chi connectivity index (χ1) is 10.4. The summed E-state index contributed by atoms with van der Waals surface area (Å²) < 4.78 is 0.381. The number of hydrogen-bond acceptors (Lipinski definition) is 5. The smallest absolute Gasteiger partial charge is 0.133 e. The van der Waals surface area contributed by atoms with Crippen LogP contribution in [-0.4, -0.2) is 60.6 Å². The van der Waals surface area contributed by atoms with Crippen LogP contribution < -0.4 is 0 Å². The van der Waals surface area contributed by atoms with E-state index in [1.165, 1.54) is 0 Å². The molecule has 0 amide bonds. The van der Waals surface area contributed by atoms with Gasteiger partial charge < -0.3 is 25.3 Å². The molecule has 1 aromatic rings. The van der Waals surface area contributed by atoms with Gasteiger partial charge in [0, 0.05) is 19.0 Å². The number of thiocarbonyl (C=S) groups is 1. The lowest BCUT2D eigenvalue weighted by atomic mass is 9.80. The largest absolute Gasteiger partial charge is 0.390 e.